The molecule has 7 nitrogen and oxygen atoms in total. The Labute approximate surface area is 123 Å². The molecule has 0 saturated carbocycles. The first-order valence-electron chi connectivity index (χ1n) is 6.74. The van der Waals surface area contributed by atoms with E-state index in [-0.39, 0.29) is 0 Å². The largest absolute Gasteiger partial charge is 0.462 e. The van der Waals surface area contributed by atoms with Crippen LogP contribution in [0.2, 0.25) is 0 Å². The van der Waals surface area contributed by atoms with Gasteiger partial charge in [-0.3, -0.25) is 4.68 Å². The Morgan fingerprint density at radius 1 is 1.48 bits per heavy atom. The smallest absolute Gasteiger partial charge is 0.341 e. The zero-order valence-corrected chi connectivity index (χ0v) is 12.2. The predicted octanol–water partition coefficient (Wildman–Crippen LogP) is 1.23. The van der Waals surface area contributed by atoms with Crippen molar-refractivity contribution in [3.05, 3.63) is 35.8 Å². The first-order valence-corrected chi connectivity index (χ1v) is 6.74. The second-order valence-corrected chi connectivity index (χ2v) is 4.58. The molecule has 0 aliphatic rings. The number of aryl methyl sites for hydroxylation is 1. The fourth-order valence-corrected chi connectivity index (χ4v) is 1.91. The molecule has 0 aromatic carbocycles. The number of anilines is 2. The summed E-state index contributed by atoms with van der Waals surface area (Å²) in [6, 6.07) is 1.57. The quantitative estimate of drug-likeness (QED) is 0.777. The highest BCUT2D eigenvalue weighted by molar-refractivity contribution is 5.95. The average Bonchev–Trinajstić information content (AvgIpc) is 2.86. The van der Waals surface area contributed by atoms with Crippen molar-refractivity contribution >= 4 is 17.5 Å². The van der Waals surface area contributed by atoms with Gasteiger partial charge in [-0.1, -0.05) is 0 Å². The van der Waals surface area contributed by atoms with Crippen molar-refractivity contribution in [3.63, 3.8) is 0 Å². The third kappa shape index (κ3) is 3.95. The summed E-state index contributed by atoms with van der Waals surface area (Å²) in [5.41, 5.74) is 7.56. The average molecular weight is 289 g/mol. The molecule has 2 rings (SSSR count). The van der Waals surface area contributed by atoms with Crippen molar-refractivity contribution in [1.29, 1.82) is 0 Å². The number of esters is 1. The number of nitrogens with zero attached hydrogens (tertiary/aromatic N) is 3. The highest BCUT2D eigenvalue weighted by Crippen LogP contribution is 2.17. The van der Waals surface area contributed by atoms with Gasteiger partial charge >= 0.3 is 5.97 Å². The molecule has 0 spiro atoms. The van der Waals surface area contributed by atoms with Crippen LogP contribution in [0.3, 0.4) is 0 Å². The van der Waals surface area contributed by atoms with Crippen LogP contribution in [-0.2, 0) is 18.2 Å². The number of pyridine rings is 1. The predicted molar refractivity (Wildman–Crippen MR) is 80.0 cm³/mol. The lowest BCUT2D eigenvalue weighted by molar-refractivity contribution is 0.0527. The van der Waals surface area contributed by atoms with E-state index in [1.165, 1.54) is 6.20 Å². The maximum Gasteiger partial charge on any atom is 0.341 e. The van der Waals surface area contributed by atoms with Gasteiger partial charge < -0.3 is 15.8 Å². The molecule has 0 atom stereocenters. The van der Waals surface area contributed by atoms with Crippen LogP contribution in [0.15, 0.2) is 24.7 Å². The molecular formula is C14H19N5O2. The van der Waals surface area contributed by atoms with Crippen LogP contribution < -0.4 is 11.1 Å². The van der Waals surface area contributed by atoms with Crippen LogP contribution in [0.25, 0.3) is 0 Å². The zero-order chi connectivity index (χ0) is 15.2. The molecule has 2 aromatic heterocycles. The van der Waals surface area contributed by atoms with Gasteiger partial charge in [0.15, 0.2) is 0 Å². The van der Waals surface area contributed by atoms with E-state index in [0.717, 1.165) is 12.0 Å². The Morgan fingerprint density at radius 3 is 2.95 bits per heavy atom. The Bertz CT molecular complexity index is 624. The molecule has 0 aliphatic carbocycles. The van der Waals surface area contributed by atoms with Crippen molar-refractivity contribution in [2.45, 2.75) is 13.3 Å². The molecule has 0 fully saturated rings. The zero-order valence-electron chi connectivity index (χ0n) is 12.2. The number of hydrogen-bond donors (Lipinski definition) is 2. The van der Waals surface area contributed by atoms with E-state index >= 15 is 0 Å². The fourth-order valence-electron chi connectivity index (χ4n) is 1.91. The van der Waals surface area contributed by atoms with Gasteiger partial charge in [0.05, 0.1) is 24.7 Å². The minimum Gasteiger partial charge on any atom is -0.462 e. The van der Waals surface area contributed by atoms with Crippen LogP contribution in [0.5, 0.6) is 0 Å². The fraction of sp³-hybridized carbons (Fsp3) is 0.357. The molecule has 21 heavy (non-hydrogen) atoms. The summed E-state index contributed by atoms with van der Waals surface area (Å²) in [6.07, 6.45) is 6.05. The van der Waals surface area contributed by atoms with Gasteiger partial charge in [0.25, 0.3) is 0 Å². The van der Waals surface area contributed by atoms with E-state index in [0.29, 0.717) is 30.2 Å². The Kier molecular flexibility index (Phi) is 4.76. The SMILES string of the molecule is CCOC(=O)c1cc(N)cnc1NCCc1cnn(C)c1. The van der Waals surface area contributed by atoms with Gasteiger partial charge in [0, 0.05) is 19.8 Å². The summed E-state index contributed by atoms with van der Waals surface area (Å²) in [6.45, 7) is 2.70. The van der Waals surface area contributed by atoms with E-state index in [4.69, 9.17) is 10.5 Å². The second-order valence-electron chi connectivity index (χ2n) is 4.58. The maximum absolute atomic E-state index is 11.9. The van der Waals surface area contributed by atoms with E-state index in [1.54, 1.807) is 17.7 Å². The lowest BCUT2D eigenvalue weighted by atomic mass is 10.2. The number of ether oxygens (including phenoxy) is 1. The molecule has 0 aliphatic heterocycles. The summed E-state index contributed by atoms with van der Waals surface area (Å²) in [7, 11) is 1.87. The normalized spacial score (nSPS) is 10.4. The van der Waals surface area contributed by atoms with Crippen molar-refractivity contribution in [2.24, 2.45) is 7.05 Å². The summed E-state index contributed by atoms with van der Waals surface area (Å²) in [5, 5.41) is 7.24. The highest BCUT2D eigenvalue weighted by Gasteiger charge is 2.14. The summed E-state index contributed by atoms with van der Waals surface area (Å²) in [4.78, 5) is 16.0. The summed E-state index contributed by atoms with van der Waals surface area (Å²) >= 11 is 0. The molecule has 2 heterocycles. The molecule has 0 bridgehead atoms. The molecule has 0 unspecified atom stereocenters. The molecule has 112 valence electrons. The van der Waals surface area contributed by atoms with E-state index in [9.17, 15) is 4.79 Å². The van der Waals surface area contributed by atoms with Crippen molar-refractivity contribution in [2.75, 3.05) is 24.2 Å². The van der Waals surface area contributed by atoms with Crippen molar-refractivity contribution in [1.82, 2.24) is 14.8 Å². The topological polar surface area (TPSA) is 95.1 Å². The standard InChI is InChI=1S/C14H19N5O2/c1-3-21-14(20)12-6-11(15)8-17-13(12)16-5-4-10-7-18-19(2)9-10/h6-9H,3-5,15H2,1-2H3,(H,16,17). The Hall–Kier alpha value is -2.57. The number of nitrogens with one attached hydrogen (secondary N) is 1. The number of aromatic nitrogens is 3. The number of rotatable bonds is 6. The number of hydrogen-bond acceptors (Lipinski definition) is 6. The van der Waals surface area contributed by atoms with Crippen LogP contribution in [0.1, 0.15) is 22.8 Å². The molecule has 7 heteroatoms. The van der Waals surface area contributed by atoms with Gasteiger partial charge in [0.1, 0.15) is 11.4 Å². The monoisotopic (exact) mass is 289 g/mol. The van der Waals surface area contributed by atoms with Crippen LogP contribution in [0, 0.1) is 0 Å². The minimum absolute atomic E-state index is 0.308. The Balaban J connectivity index is 2.03. The van der Waals surface area contributed by atoms with Gasteiger partial charge in [-0.25, -0.2) is 9.78 Å². The van der Waals surface area contributed by atoms with Gasteiger partial charge in [-0.2, -0.15) is 5.10 Å². The molecular weight excluding hydrogens is 270 g/mol. The molecule has 0 amide bonds. The third-order valence-electron chi connectivity index (χ3n) is 2.87. The van der Waals surface area contributed by atoms with Crippen LogP contribution >= 0.6 is 0 Å². The second kappa shape index (κ2) is 6.74. The molecule has 0 saturated heterocycles. The van der Waals surface area contributed by atoms with Crippen LogP contribution in [0.4, 0.5) is 11.5 Å². The van der Waals surface area contributed by atoms with Crippen molar-refractivity contribution in [3.8, 4) is 0 Å². The van der Waals surface area contributed by atoms with E-state index < -0.39 is 5.97 Å². The summed E-state index contributed by atoms with van der Waals surface area (Å²) in [5.74, 6) is 0.0488. The number of carbonyl (C=O) groups excluding carboxylic acids is 1. The number of carbonyl (C=O) groups is 1. The van der Waals surface area contributed by atoms with E-state index in [2.05, 4.69) is 15.4 Å². The third-order valence-corrected chi connectivity index (χ3v) is 2.87. The summed E-state index contributed by atoms with van der Waals surface area (Å²) < 4.78 is 6.75. The van der Waals surface area contributed by atoms with Crippen LogP contribution in [-0.4, -0.2) is 33.9 Å². The first-order chi connectivity index (χ1) is 10.1. The minimum atomic E-state index is -0.429. The highest BCUT2D eigenvalue weighted by atomic mass is 16.5. The Morgan fingerprint density at radius 2 is 2.29 bits per heavy atom. The lowest BCUT2D eigenvalue weighted by Crippen LogP contribution is -2.13. The first kappa shape index (κ1) is 14.8. The van der Waals surface area contributed by atoms with Gasteiger partial charge in [-0.15, -0.1) is 0 Å². The number of nitrogens with two attached hydrogens (primary N) is 1. The molecule has 2 aromatic rings. The van der Waals surface area contributed by atoms with Gasteiger partial charge in [0.2, 0.25) is 0 Å². The van der Waals surface area contributed by atoms with E-state index in [1.807, 2.05) is 19.4 Å². The maximum atomic E-state index is 11.9. The molecule has 0 radical (unpaired) electrons. The lowest BCUT2D eigenvalue weighted by Gasteiger charge is -2.10. The van der Waals surface area contributed by atoms with Gasteiger partial charge in [-0.05, 0) is 25.0 Å². The van der Waals surface area contributed by atoms with Crippen molar-refractivity contribution < 1.29 is 9.53 Å². The number of nitrogen functional groups attached to an aromatic ring is 1. The molecule has 3 N–H and O–H groups in total.